The van der Waals surface area contributed by atoms with E-state index in [0.29, 0.717) is 18.7 Å². The molecule has 2 atom stereocenters. The monoisotopic (exact) mass is 437 g/mol. The molecule has 0 saturated carbocycles. The number of hydrogen-bond acceptors (Lipinski definition) is 2. The highest BCUT2D eigenvalue weighted by atomic mass is 19.4. The smallest absolute Gasteiger partial charge is 0.391 e. The molecule has 0 aliphatic heterocycles. The van der Waals surface area contributed by atoms with Crippen molar-refractivity contribution in [1.82, 2.24) is 4.90 Å². The molecule has 0 fully saturated rings. The van der Waals surface area contributed by atoms with Crippen LogP contribution in [0, 0.1) is 11.8 Å². The second-order valence-electron chi connectivity index (χ2n) is 7.77. The number of benzene rings is 3. The predicted molar refractivity (Wildman–Crippen MR) is 121 cm³/mol. The maximum atomic E-state index is 12.7. The van der Waals surface area contributed by atoms with E-state index in [1.165, 1.54) is 12.1 Å². The molecule has 0 saturated heterocycles. The number of aliphatic hydroxyl groups excluding tert-OH is 1. The van der Waals surface area contributed by atoms with Crippen molar-refractivity contribution in [2.45, 2.75) is 44.8 Å². The molecule has 0 aliphatic carbocycles. The Morgan fingerprint density at radius 1 is 0.812 bits per heavy atom. The number of hydrogen-bond donors (Lipinski definition) is 1. The van der Waals surface area contributed by atoms with Gasteiger partial charge in [-0.1, -0.05) is 72.5 Å². The van der Waals surface area contributed by atoms with E-state index < -0.39 is 17.8 Å². The molecule has 0 radical (unpaired) electrons. The van der Waals surface area contributed by atoms with Gasteiger partial charge >= 0.3 is 6.18 Å². The molecule has 0 unspecified atom stereocenters. The average molecular weight is 438 g/mol. The van der Waals surface area contributed by atoms with Crippen molar-refractivity contribution in [2.75, 3.05) is 0 Å². The molecular weight excluding hydrogens is 411 g/mol. The quantitative estimate of drug-likeness (QED) is 0.465. The van der Waals surface area contributed by atoms with Crippen molar-refractivity contribution in [2.24, 2.45) is 0 Å². The summed E-state index contributed by atoms with van der Waals surface area (Å²) in [7, 11) is 0. The summed E-state index contributed by atoms with van der Waals surface area (Å²) in [6.45, 7) is 3.33. The zero-order valence-electron chi connectivity index (χ0n) is 17.9. The van der Waals surface area contributed by atoms with Gasteiger partial charge in [0.25, 0.3) is 0 Å². The molecule has 166 valence electrons. The highest BCUT2D eigenvalue weighted by molar-refractivity contribution is 5.37. The molecule has 0 spiro atoms. The van der Waals surface area contributed by atoms with Crippen LogP contribution in [0.4, 0.5) is 13.2 Å². The van der Waals surface area contributed by atoms with Gasteiger partial charge in [-0.05, 0) is 42.3 Å². The van der Waals surface area contributed by atoms with Crippen molar-refractivity contribution in [3.8, 4) is 11.8 Å². The Labute approximate surface area is 187 Å². The molecule has 2 nitrogen and oxygen atoms in total. The van der Waals surface area contributed by atoms with Gasteiger partial charge < -0.3 is 5.11 Å². The van der Waals surface area contributed by atoms with Gasteiger partial charge in [-0.3, -0.25) is 4.90 Å². The number of rotatable bonds is 7. The lowest BCUT2D eigenvalue weighted by Gasteiger charge is -2.32. The van der Waals surface area contributed by atoms with Gasteiger partial charge in [0.05, 0.1) is 11.7 Å². The summed E-state index contributed by atoms with van der Waals surface area (Å²) in [4.78, 5) is 2.20. The zero-order chi connectivity index (χ0) is 23.0. The predicted octanol–water partition coefficient (Wildman–Crippen LogP) is 5.90. The van der Waals surface area contributed by atoms with E-state index in [1.54, 1.807) is 0 Å². The van der Waals surface area contributed by atoms with Crippen molar-refractivity contribution in [3.63, 3.8) is 0 Å². The Bertz CT molecular complexity index is 980. The largest absolute Gasteiger partial charge is 0.416 e. The highest BCUT2D eigenvalue weighted by Gasteiger charge is 2.29. The molecule has 0 aromatic heterocycles. The standard InChI is InChI=1S/C27H26F3NO/c1-21(26(32)14-8-13-22-15-17-25(18-16-22)27(28,29)30)31(19-23-9-4-2-5-10-23)20-24-11-6-3-7-12-24/h2-7,9-12,15-18,21,26,32H,14,19-20H2,1H3/t21-,26-/m0/s1. The van der Waals surface area contributed by atoms with Crippen LogP contribution in [0.15, 0.2) is 84.9 Å². The summed E-state index contributed by atoms with van der Waals surface area (Å²) in [5.41, 5.74) is 2.09. The van der Waals surface area contributed by atoms with E-state index in [4.69, 9.17) is 0 Å². The Balaban J connectivity index is 1.67. The fourth-order valence-corrected chi connectivity index (χ4v) is 3.39. The normalized spacial score (nSPS) is 13.3. The van der Waals surface area contributed by atoms with Gasteiger partial charge in [-0.2, -0.15) is 13.2 Å². The topological polar surface area (TPSA) is 23.5 Å². The summed E-state index contributed by atoms with van der Waals surface area (Å²) >= 11 is 0. The molecule has 3 aromatic carbocycles. The van der Waals surface area contributed by atoms with Crippen molar-refractivity contribution in [3.05, 3.63) is 107 Å². The van der Waals surface area contributed by atoms with E-state index in [9.17, 15) is 18.3 Å². The van der Waals surface area contributed by atoms with Gasteiger partial charge in [0.2, 0.25) is 0 Å². The lowest BCUT2D eigenvalue weighted by atomic mass is 10.0. The highest BCUT2D eigenvalue weighted by Crippen LogP contribution is 2.29. The molecule has 32 heavy (non-hydrogen) atoms. The van der Waals surface area contributed by atoms with E-state index in [-0.39, 0.29) is 12.5 Å². The Hall–Kier alpha value is -3.07. The molecule has 0 aliphatic rings. The third-order valence-electron chi connectivity index (χ3n) is 5.35. The van der Waals surface area contributed by atoms with Crippen LogP contribution in [-0.2, 0) is 19.3 Å². The van der Waals surface area contributed by atoms with Gasteiger partial charge in [0.1, 0.15) is 0 Å². The van der Waals surface area contributed by atoms with Crippen LogP contribution in [0.3, 0.4) is 0 Å². The number of aliphatic hydroxyl groups is 1. The minimum atomic E-state index is -4.36. The first-order valence-electron chi connectivity index (χ1n) is 10.5. The van der Waals surface area contributed by atoms with Gasteiger partial charge in [-0.15, -0.1) is 0 Å². The summed E-state index contributed by atoms with van der Waals surface area (Å²) in [6.07, 6.45) is -4.84. The first-order chi connectivity index (χ1) is 15.3. The van der Waals surface area contributed by atoms with Crippen LogP contribution < -0.4 is 0 Å². The van der Waals surface area contributed by atoms with E-state index in [0.717, 1.165) is 23.3 Å². The molecular formula is C27H26F3NO. The second kappa shape index (κ2) is 11.0. The summed E-state index contributed by atoms with van der Waals surface area (Å²) in [6, 6.07) is 24.7. The fourth-order valence-electron chi connectivity index (χ4n) is 3.39. The molecule has 3 aromatic rings. The van der Waals surface area contributed by atoms with Gasteiger partial charge in [0.15, 0.2) is 0 Å². The lowest BCUT2D eigenvalue weighted by molar-refractivity contribution is -0.137. The maximum Gasteiger partial charge on any atom is 0.416 e. The molecule has 0 bridgehead atoms. The Morgan fingerprint density at radius 3 is 1.78 bits per heavy atom. The SMILES string of the molecule is C[C@@H]([C@@H](O)CC#Cc1ccc(C(F)(F)F)cc1)N(Cc1ccccc1)Cc1ccccc1. The minimum Gasteiger partial charge on any atom is -0.391 e. The third-order valence-corrected chi connectivity index (χ3v) is 5.35. The van der Waals surface area contributed by atoms with Crippen molar-refractivity contribution < 1.29 is 18.3 Å². The first kappa shape index (κ1) is 23.6. The first-order valence-corrected chi connectivity index (χ1v) is 10.5. The zero-order valence-corrected chi connectivity index (χ0v) is 17.9. The molecule has 5 heteroatoms. The minimum absolute atomic E-state index is 0.169. The average Bonchev–Trinajstić information content (AvgIpc) is 2.79. The molecule has 0 heterocycles. The molecule has 0 amide bonds. The Morgan fingerprint density at radius 2 is 1.31 bits per heavy atom. The number of halogens is 3. The van der Waals surface area contributed by atoms with Crippen molar-refractivity contribution in [1.29, 1.82) is 0 Å². The summed E-state index contributed by atoms with van der Waals surface area (Å²) in [5, 5.41) is 10.8. The van der Waals surface area contributed by atoms with Crippen LogP contribution in [0.2, 0.25) is 0 Å². The van der Waals surface area contributed by atoms with Crippen LogP contribution in [0.1, 0.15) is 35.6 Å². The molecule has 1 N–H and O–H groups in total. The van der Waals surface area contributed by atoms with Crippen LogP contribution in [0.5, 0.6) is 0 Å². The van der Waals surface area contributed by atoms with E-state index in [1.807, 2.05) is 43.3 Å². The fraction of sp³-hybridized carbons (Fsp3) is 0.259. The maximum absolute atomic E-state index is 12.7. The van der Waals surface area contributed by atoms with Crippen LogP contribution >= 0.6 is 0 Å². The van der Waals surface area contributed by atoms with Crippen molar-refractivity contribution >= 4 is 0 Å². The third kappa shape index (κ3) is 6.98. The second-order valence-corrected chi connectivity index (χ2v) is 7.77. The Kier molecular flexibility index (Phi) is 8.10. The number of nitrogens with zero attached hydrogens (tertiary/aromatic N) is 1. The van der Waals surface area contributed by atoms with Gasteiger partial charge in [0, 0.05) is 31.1 Å². The number of alkyl halides is 3. The molecule has 3 rings (SSSR count). The summed E-state index contributed by atoms with van der Waals surface area (Å²) in [5.74, 6) is 5.77. The summed E-state index contributed by atoms with van der Waals surface area (Å²) < 4.78 is 38.0. The van der Waals surface area contributed by atoms with E-state index >= 15 is 0 Å². The van der Waals surface area contributed by atoms with Crippen LogP contribution in [0.25, 0.3) is 0 Å². The van der Waals surface area contributed by atoms with Gasteiger partial charge in [-0.25, -0.2) is 0 Å². The van der Waals surface area contributed by atoms with E-state index in [2.05, 4.69) is 41.0 Å². The lowest BCUT2D eigenvalue weighted by Crippen LogP contribution is -2.40. The van der Waals surface area contributed by atoms with Crippen LogP contribution in [-0.4, -0.2) is 22.2 Å².